The second-order valence-corrected chi connectivity index (χ2v) is 8.14. The van der Waals surface area contributed by atoms with Crippen molar-refractivity contribution in [2.75, 3.05) is 36.4 Å². The number of hydrogen-bond donors (Lipinski definition) is 2. The third kappa shape index (κ3) is 4.66. The van der Waals surface area contributed by atoms with Crippen LogP contribution >= 0.6 is 0 Å². The van der Waals surface area contributed by atoms with E-state index in [4.69, 9.17) is 0 Å². The molecule has 2 aliphatic rings. The van der Waals surface area contributed by atoms with Gasteiger partial charge in [0.2, 0.25) is 5.91 Å². The molecule has 0 aromatic heterocycles. The van der Waals surface area contributed by atoms with Crippen molar-refractivity contribution in [2.24, 2.45) is 11.8 Å². The van der Waals surface area contributed by atoms with Crippen molar-refractivity contribution >= 4 is 29.2 Å². The second-order valence-electron chi connectivity index (χ2n) is 8.14. The van der Waals surface area contributed by atoms with Crippen LogP contribution in [0.25, 0.3) is 0 Å². The van der Waals surface area contributed by atoms with Crippen LogP contribution < -0.4 is 10.2 Å². The van der Waals surface area contributed by atoms with Crippen molar-refractivity contribution in [3.05, 3.63) is 72.3 Å². The molecule has 1 saturated heterocycles. The number of nitrogens with one attached hydrogen (secondary N) is 1. The Hall–Kier alpha value is -3.61. The van der Waals surface area contributed by atoms with Crippen LogP contribution in [0, 0.1) is 11.8 Å². The van der Waals surface area contributed by atoms with Gasteiger partial charge in [-0.05, 0) is 37.1 Å². The zero-order valence-corrected chi connectivity index (χ0v) is 17.8. The van der Waals surface area contributed by atoms with E-state index < -0.39 is 17.8 Å². The second kappa shape index (κ2) is 9.68. The van der Waals surface area contributed by atoms with Crippen LogP contribution in [0.5, 0.6) is 0 Å². The van der Waals surface area contributed by atoms with Crippen LogP contribution in [0.1, 0.15) is 23.2 Å². The lowest BCUT2D eigenvalue weighted by molar-refractivity contribution is -0.146. The van der Waals surface area contributed by atoms with Gasteiger partial charge in [0.1, 0.15) is 0 Å². The first-order valence-electron chi connectivity index (χ1n) is 10.9. The highest BCUT2D eigenvalue weighted by Gasteiger charge is 2.34. The molecular formula is C25H27N3O4. The van der Waals surface area contributed by atoms with E-state index in [2.05, 4.69) is 22.3 Å². The van der Waals surface area contributed by atoms with Gasteiger partial charge in [-0.15, -0.1) is 0 Å². The van der Waals surface area contributed by atoms with E-state index in [9.17, 15) is 19.5 Å². The molecule has 7 nitrogen and oxygen atoms in total. The molecule has 0 radical (unpaired) electrons. The minimum absolute atomic E-state index is 0.132. The molecule has 1 heterocycles. The van der Waals surface area contributed by atoms with E-state index in [1.807, 2.05) is 24.3 Å². The standard InChI is InChI=1S/C25H27N3O4/c29-23(19-10-4-5-11-20(19)25(31)32)26-22-13-7-6-12-21(22)24(30)28-16-14-27(15-17-28)18-8-2-1-3-9-18/h1-9,12-13,19-20H,10-11,14-17H2,(H,26,29)(H,31,32)/t19-,20-/m1/s1. The fourth-order valence-electron chi connectivity index (χ4n) is 4.36. The van der Waals surface area contributed by atoms with E-state index in [0.29, 0.717) is 37.2 Å². The summed E-state index contributed by atoms with van der Waals surface area (Å²) < 4.78 is 0. The first-order valence-corrected chi connectivity index (χ1v) is 10.9. The Morgan fingerprint density at radius 2 is 1.44 bits per heavy atom. The molecule has 1 aliphatic heterocycles. The number of carbonyl (C=O) groups is 3. The SMILES string of the molecule is O=C(O)[C@@H]1CC=CC[C@H]1C(=O)Nc1ccccc1C(=O)N1CCN(c2ccccc2)CC1. The Kier molecular flexibility index (Phi) is 6.54. The Morgan fingerprint density at radius 1 is 0.812 bits per heavy atom. The van der Waals surface area contributed by atoms with Gasteiger partial charge < -0.3 is 20.2 Å². The maximum atomic E-state index is 13.2. The first kappa shape index (κ1) is 21.6. The number of anilines is 2. The molecule has 0 unspecified atom stereocenters. The molecule has 166 valence electrons. The number of amides is 2. The van der Waals surface area contributed by atoms with Crippen molar-refractivity contribution in [1.82, 2.24) is 4.90 Å². The summed E-state index contributed by atoms with van der Waals surface area (Å²) in [6.07, 6.45) is 4.35. The van der Waals surface area contributed by atoms with Crippen LogP contribution in [-0.4, -0.2) is 54.0 Å². The number of allylic oxidation sites excluding steroid dienone is 2. The molecule has 1 fully saturated rings. The van der Waals surface area contributed by atoms with Gasteiger partial charge >= 0.3 is 5.97 Å². The quantitative estimate of drug-likeness (QED) is 0.707. The predicted octanol–water partition coefficient (Wildman–Crippen LogP) is 3.25. The van der Waals surface area contributed by atoms with Crippen LogP contribution in [0.2, 0.25) is 0 Å². The van der Waals surface area contributed by atoms with E-state index in [1.54, 1.807) is 35.2 Å². The largest absolute Gasteiger partial charge is 0.481 e. The lowest BCUT2D eigenvalue weighted by Crippen LogP contribution is -2.49. The average Bonchev–Trinajstić information content (AvgIpc) is 2.84. The number of aliphatic carboxylic acids is 1. The number of carboxylic acid groups (broad SMARTS) is 1. The maximum absolute atomic E-state index is 13.2. The van der Waals surface area contributed by atoms with Crippen molar-refractivity contribution in [1.29, 1.82) is 0 Å². The molecule has 7 heteroatoms. The summed E-state index contributed by atoms with van der Waals surface area (Å²) >= 11 is 0. The minimum atomic E-state index is -0.977. The zero-order valence-electron chi connectivity index (χ0n) is 17.8. The van der Waals surface area contributed by atoms with Crippen molar-refractivity contribution in [3.63, 3.8) is 0 Å². The normalized spacial score (nSPS) is 20.6. The first-order chi connectivity index (χ1) is 15.5. The molecule has 0 bridgehead atoms. The molecule has 0 spiro atoms. The summed E-state index contributed by atoms with van der Waals surface area (Å²) in [6.45, 7) is 2.65. The number of carbonyl (C=O) groups excluding carboxylic acids is 2. The van der Waals surface area contributed by atoms with Crippen LogP contribution in [0.3, 0.4) is 0 Å². The summed E-state index contributed by atoms with van der Waals surface area (Å²) in [5.74, 6) is -2.89. The van der Waals surface area contributed by atoms with Gasteiger partial charge in [-0.2, -0.15) is 0 Å². The predicted molar refractivity (Wildman–Crippen MR) is 123 cm³/mol. The summed E-state index contributed by atoms with van der Waals surface area (Å²) in [4.78, 5) is 41.7. The van der Waals surface area contributed by atoms with E-state index in [-0.39, 0.29) is 11.8 Å². The number of rotatable bonds is 5. The molecule has 2 atom stereocenters. The number of piperazine rings is 1. The fourth-order valence-corrected chi connectivity index (χ4v) is 4.36. The molecule has 2 aromatic rings. The van der Waals surface area contributed by atoms with E-state index >= 15 is 0 Å². The third-order valence-electron chi connectivity index (χ3n) is 6.19. The van der Waals surface area contributed by atoms with Gasteiger partial charge in [0.15, 0.2) is 0 Å². The number of para-hydroxylation sites is 2. The zero-order chi connectivity index (χ0) is 22.5. The third-order valence-corrected chi connectivity index (χ3v) is 6.19. The van der Waals surface area contributed by atoms with Gasteiger partial charge in [-0.3, -0.25) is 14.4 Å². The van der Waals surface area contributed by atoms with Crippen LogP contribution in [0.4, 0.5) is 11.4 Å². The Labute approximate surface area is 187 Å². The van der Waals surface area contributed by atoms with Crippen molar-refractivity contribution in [2.45, 2.75) is 12.8 Å². The number of hydrogen-bond acceptors (Lipinski definition) is 4. The van der Waals surface area contributed by atoms with Gasteiger partial charge in [-0.25, -0.2) is 0 Å². The fraction of sp³-hybridized carbons (Fsp3) is 0.320. The summed E-state index contributed by atoms with van der Waals surface area (Å²) in [5, 5.41) is 12.3. The summed E-state index contributed by atoms with van der Waals surface area (Å²) in [6, 6.07) is 17.0. The van der Waals surface area contributed by atoms with Crippen molar-refractivity contribution < 1.29 is 19.5 Å². The summed E-state index contributed by atoms with van der Waals surface area (Å²) in [7, 11) is 0. The molecule has 1 aliphatic carbocycles. The molecule has 0 saturated carbocycles. The van der Waals surface area contributed by atoms with Crippen LogP contribution in [-0.2, 0) is 9.59 Å². The lowest BCUT2D eigenvalue weighted by Gasteiger charge is -2.36. The highest BCUT2D eigenvalue weighted by Crippen LogP contribution is 2.28. The van der Waals surface area contributed by atoms with E-state index in [1.165, 1.54) is 0 Å². The van der Waals surface area contributed by atoms with Gasteiger partial charge in [-0.1, -0.05) is 42.5 Å². The molecular weight excluding hydrogens is 406 g/mol. The highest BCUT2D eigenvalue weighted by molar-refractivity contribution is 6.04. The Morgan fingerprint density at radius 3 is 2.12 bits per heavy atom. The smallest absolute Gasteiger partial charge is 0.307 e. The monoisotopic (exact) mass is 433 g/mol. The maximum Gasteiger partial charge on any atom is 0.307 e. The molecule has 32 heavy (non-hydrogen) atoms. The van der Waals surface area contributed by atoms with E-state index in [0.717, 1.165) is 18.8 Å². The topological polar surface area (TPSA) is 89.9 Å². The highest BCUT2D eigenvalue weighted by atomic mass is 16.4. The number of benzene rings is 2. The molecule has 2 amide bonds. The Balaban J connectivity index is 1.44. The molecule has 4 rings (SSSR count). The molecule has 2 aromatic carbocycles. The van der Waals surface area contributed by atoms with Gasteiger partial charge in [0.05, 0.1) is 23.1 Å². The number of carboxylic acids is 1. The average molecular weight is 434 g/mol. The Bertz CT molecular complexity index is 1010. The van der Waals surface area contributed by atoms with Gasteiger partial charge in [0.25, 0.3) is 5.91 Å². The summed E-state index contributed by atoms with van der Waals surface area (Å²) in [5.41, 5.74) is 1.99. The molecule has 2 N–H and O–H groups in total. The van der Waals surface area contributed by atoms with Crippen LogP contribution in [0.15, 0.2) is 66.7 Å². The van der Waals surface area contributed by atoms with Crippen molar-refractivity contribution in [3.8, 4) is 0 Å². The minimum Gasteiger partial charge on any atom is -0.481 e. The van der Waals surface area contributed by atoms with Gasteiger partial charge in [0, 0.05) is 31.9 Å². The lowest BCUT2D eigenvalue weighted by atomic mass is 9.82. The number of nitrogens with zero attached hydrogens (tertiary/aromatic N) is 2.